The Kier molecular flexibility index (Phi) is 10.4. The van der Waals surface area contributed by atoms with Crippen LogP contribution in [0.5, 0.6) is 0 Å². The van der Waals surface area contributed by atoms with Gasteiger partial charge in [0.15, 0.2) is 11.0 Å². The first-order valence-corrected chi connectivity index (χ1v) is 18.0. The van der Waals surface area contributed by atoms with Crippen LogP contribution in [0, 0.1) is 0 Å². The molecule has 3 aromatic rings. The molecular formula is C28H30BrClF3N4O6S2-. The molecular weight excluding hydrogens is 725 g/mol. The summed E-state index contributed by atoms with van der Waals surface area (Å²) in [5, 5.41) is -0.687. The maximum atomic E-state index is 13.6. The fraction of sp³-hybridized carbons (Fsp3) is 0.393. The van der Waals surface area contributed by atoms with Crippen LogP contribution in [0.25, 0.3) is 17.1 Å². The van der Waals surface area contributed by atoms with E-state index in [1.807, 2.05) is 16.7 Å². The number of rotatable bonds is 11. The van der Waals surface area contributed by atoms with Gasteiger partial charge in [-0.05, 0) is 73.0 Å². The molecule has 0 spiro atoms. The van der Waals surface area contributed by atoms with Crippen molar-refractivity contribution in [3.05, 3.63) is 69.2 Å². The van der Waals surface area contributed by atoms with Gasteiger partial charge in [0.1, 0.15) is 5.82 Å². The largest absolute Gasteiger partial charge is 0.748 e. The molecule has 0 radical (unpaired) electrons. The molecule has 0 saturated heterocycles. The minimum atomic E-state index is -4.61. The van der Waals surface area contributed by atoms with Crippen molar-refractivity contribution < 1.29 is 43.7 Å². The highest BCUT2D eigenvalue weighted by atomic mass is 79.9. The zero-order valence-electron chi connectivity index (χ0n) is 24.4. The molecule has 1 aliphatic heterocycles. The number of hydrogen-bond donors (Lipinski definition) is 0. The second kappa shape index (κ2) is 13.2. The average Bonchev–Trinajstić information content (AvgIpc) is 3.35. The molecule has 2 aromatic carbocycles. The van der Waals surface area contributed by atoms with Crippen LogP contribution >= 0.6 is 27.5 Å². The van der Waals surface area contributed by atoms with Gasteiger partial charge >= 0.3 is 6.18 Å². The number of fused-ring (bicyclic) bond motifs is 2. The van der Waals surface area contributed by atoms with Crippen molar-refractivity contribution in [2.45, 2.75) is 44.7 Å². The highest BCUT2D eigenvalue weighted by Gasteiger charge is 2.34. The first kappa shape index (κ1) is 35.2. The number of aromatic nitrogens is 2. The van der Waals surface area contributed by atoms with Crippen molar-refractivity contribution in [3.8, 4) is 0 Å². The standard InChI is InChI=1S/C28H31BrClF3N4O6S2/c1-4-35-25-17-21(30)20(29)16-24(25)37(13-11-18(2)45(41,42)43)27(35)8-5-7-26-34(3)22-10-9-19(28(31,32)33)15-23(22)36(26)12-6-14-44(38,39)40/h5,7-10,15-18H,4,6,11-14H2,1-3H3,(H-,38,39,40,41,42,43)/p-1. The summed E-state index contributed by atoms with van der Waals surface area (Å²) in [5.74, 6) is 0.388. The Morgan fingerprint density at radius 3 is 2.33 bits per heavy atom. The predicted octanol–water partition coefficient (Wildman–Crippen LogP) is 5.36. The van der Waals surface area contributed by atoms with E-state index in [1.54, 1.807) is 42.0 Å². The Bertz CT molecular complexity index is 1900. The number of allylic oxidation sites excluding steroid dienone is 2. The van der Waals surface area contributed by atoms with Gasteiger partial charge in [-0.2, -0.15) is 13.2 Å². The van der Waals surface area contributed by atoms with Gasteiger partial charge in [-0.25, -0.2) is 26.0 Å². The summed E-state index contributed by atoms with van der Waals surface area (Å²) >= 11 is 9.81. The summed E-state index contributed by atoms with van der Waals surface area (Å²) in [7, 11) is -7.40. The van der Waals surface area contributed by atoms with Crippen LogP contribution in [-0.2, 0) is 40.0 Å². The molecule has 1 atom stereocenters. The van der Waals surface area contributed by atoms with E-state index in [0.29, 0.717) is 33.2 Å². The molecule has 0 saturated carbocycles. The summed E-state index contributed by atoms with van der Waals surface area (Å²) < 4.78 is 113. The van der Waals surface area contributed by atoms with E-state index in [0.717, 1.165) is 23.5 Å². The van der Waals surface area contributed by atoms with Crippen LogP contribution in [0.15, 0.2) is 52.8 Å². The molecule has 0 N–H and O–H groups in total. The third-order valence-electron chi connectivity index (χ3n) is 7.56. The van der Waals surface area contributed by atoms with Gasteiger partial charge in [0, 0.05) is 40.7 Å². The normalized spacial score (nSPS) is 16.0. The van der Waals surface area contributed by atoms with E-state index in [4.69, 9.17) is 11.6 Å². The third kappa shape index (κ3) is 7.85. The number of imidazole rings is 1. The van der Waals surface area contributed by atoms with E-state index in [9.17, 15) is 39.1 Å². The van der Waals surface area contributed by atoms with E-state index < -0.39 is 43.0 Å². The molecule has 0 fully saturated rings. The zero-order valence-corrected chi connectivity index (χ0v) is 28.4. The number of benzene rings is 2. The monoisotopic (exact) mass is 753 g/mol. The Hall–Kier alpha value is -2.63. The molecule has 0 amide bonds. The Morgan fingerprint density at radius 2 is 1.73 bits per heavy atom. The summed E-state index contributed by atoms with van der Waals surface area (Å²) in [5.41, 5.74) is 1.26. The van der Waals surface area contributed by atoms with Gasteiger partial charge in [0.25, 0.3) is 5.82 Å². The Balaban J connectivity index is 1.80. The first-order valence-electron chi connectivity index (χ1n) is 13.7. The quantitative estimate of drug-likeness (QED) is 0.189. The van der Waals surface area contributed by atoms with Gasteiger partial charge < -0.3 is 18.9 Å². The van der Waals surface area contributed by atoms with Crippen LogP contribution < -0.4 is 14.4 Å². The second-order valence-corrected chi connectivity index (χ2v) is 15.1. The minimum Gasteiger partial charge on any atom is -0.748 e. The number of anilines is 2. The SMILES string of the molecule is CCN1C(=CC=Cc2n(CCCS(=O)(=O)[O-])c3cc(C(F)(F)F)ccc3[n+]2C)N(CCC(C)S(=O)(=O)[O-])c2cc(Br)c(Cl)cc21. The smallest absolute Gasteiger partial charge is 0.416 e. The lowest BCUT2D eigenvalue weighted by molar-refractivity contribution is -0.647. The summed E-state index contributed by atoms with van der Waals surface area (Å²) in [6.07, 6.45) is 0.378. The molecule has 10 nitrogen and oxygen atoms in total. The van der Waals surface area contributed by atoms with E-state index in [2.05, 4.69) is 15.9 Å². The lowest BCUT2D eigenvalue weighted by Gasteiger charge is -2.26. The minimum absolute atomic E-state index is 0.0386. The predicted molar refractivity (Wildman–Crippen MR) is 168 cm³/mol. The molecule has 4 rings (SSSR count). The van der Waals surface area contributed by atoms with Crippen molar-refractivity contribution in [2.24, 2.45) is 7.05 Å². The van der Waals surface area contributed by atoms with Crippen LogP contribution in [0.2, 0.25) is 5.02 Å². The molecule has 246 valence electrons. The molecule has 0 aliphatic carbocycles. The number of aryl methyl sites for hydroxylation is 2. The number of halogens is 5. The molecule has 1 aliphatic rings. The van der Waals surface area contributed by atoms with Crippen molar-refractivity contribution in [2.75, 3.05) is 28.6 Å². The van der Waals surface area contributed by atoms with Gasteiger partial charge in [-0.1, -0.05) is 17.7 Å². The summed E-state index contributed by atoms with van der Waals surface area (Å²) in [4.78, 5) is 3.80. The number of alkyl halides is 3. The van der Waals surface area contributed by atoms with Crippen LogP contribution in [-0.4, -0.2) is 54.6 Å². The van der Waals surface area contributed by atoms with Crippen LogP contribution in [0.4, 0.5) is 24.5 Å². The molecule has 2 heterocycles. The molecule has 45 heavy (non-hydrogen) atoms. The lowest BCUT2D eigenvalue weighted by atomic mass is 10.2. The molecule has 0 bridgehead atoms. The third-order valence-corrected chi connectivity index (χ3v) is 10.8. The van der Waals surface area contributed by atoms with Gasteiger partial charge in [0.2, 0.25) is 0 Å². The maximum absolute atomic E-state index is 13.6. The van der Waals surface area contributed by atoms with Crippen molar-refractivity contribution in [3.63, 3.8) is 0 Å². The molecule has 1 unspecified atom stereocenters. The van der Waals surface area contributed by atoms with Gasteiger partial charge in [-0.15, -0.1) is 0 Å². The summed E-state index contributed by atoms with van der Waals surface area (Å²) in [6, 6.07) is 6.83. The lowest BCUT2D eigenvalue weighted by Crippen LogP contribution is -2.32. The van der Waals surface area contributed by atoms with E-state index in [1.165, 1.54) is 17.6 Å². The number of nitrogens with zero attached hydrogens (tertiary/aromatic N) is 4. The Morgan fingerprint density at radius 1 is 1.07 bits per heavy atom. The highest BCUT2D eigenvalue weighted by molar-refractivity contribution is 9.10. The zero-order chi connectivity index (χ0) is 33.5. The van der Waals surface area contributed by atoms with Crippen molar-refractivity contribution in [1.82, 2.24) is 4.57 Å². The maximum Gasteiger partial charge on any atom is 0.416 e. The first-order chi connectivity index (χ1) is 20.8. The van der Waals surface area contributed by atoms with Crippen molar-refractivity contribution in [1.29, 1.82) is 0 Å². The van der Waals surface area contributed by atoms with E-state index >= 15 is 0 Å². The topological polar surface area (TPSA) is 130 Å². The molecule has 1 aromatic heterocycles. The Labute approximate surface area is 273 Å². The van der Waals surface area contributed by atoms with Gasteiger partial charge in [-0.3, -0.25) is 0 Å². The second-order valence-electron chi connectivity index (χ2n) is 10.5. The van der Waals surface area contributed by atoms with Gasteiger partial charge in [0.05, 0.1) is 55.8 Å². The van der Waals surface area contributed by atoms with E-state index in [-0.39, 0.29) is 31.4 Å². The van der Waals surface area contributed by atoms with Crippen LogP contribution in [0.1, 0.15) is 38.1 Å². The number of hydrogen-bond acceptors (Lipinski definition) is 8. The fourth-order valence-corrected chi connectivity index (χ4v) is 6.60. The van der Waals surface area contributed by atoms with Crippen molar-refractivity contribution >= 4 is 76.3 Å². The average molecular weight is 755 g/mol. The fourth-order valence-electron chi connectivity index (χ4n) is 5.24. The summed E-state index contributed by atoms with van der Waals surface area (Å²) in [6.45, 7) is 3.89. The molecule has 17 heteroatoms. The highest BCUT2D eigenvalue weighted by Crippen LogP contribution is 2.45. The van der Waals surface area contributed by atoms with Crippen LogP contribution in [0.3, 0.4) is 0 Å².